The Labute approximate surface area is 128 Å². The molecule has 1 saturated carbocycles. The first-order chi connectivity index (χ1) is 9.97. The zero-order chi connectivity index (χ0) is 15.3. The van der Waals surface area contributed by atoms with E-state index in [1.165, 1.54) is 44.9 Å². The summed E-state index contributed by atoms with van der Waals surface area (Å²) in [6.07, 6.45) is 8.99. The summed E-state index contributed by atoms with van der Waals surface area (Å²) in [4.78, 5) is 0.186. The van der Waals surface area contributed by atoms with Crippen molar-refractivity contribution in [2.45, 2.75) is 68.8 Å². The number of primary sulfonamides is 1. The van der Waals surface area contributed by atoms with Gasteiger partial charge in [-0.1, -0.05) is 44.2 Å². The Kier molecular flexibility index (Phi) is 5.79. The van der Waals surface area contributed by atoms with Crippen LogP contribution in [0, 0.1) is 0 Å². The molecule has 4 nitrogen and oxygen atoms in total. The molecular weight excluding hydrogens is 284 g/mol. The van der Waals surface area contributed by atoms with E-state index in [4.69, 9.17) is 5.14 Å². The van der Waals surface area contributed by atoms with Crippen molar-refractivity contribution in [2.24, 2.45) is 5.14 Å². The third-order valence-corrected chi connectivity index (χ3v) is 5.19. The molecule has 0 heterocycles. The van der Waals surface area contributed by atoms with Crippen LogP contribution >= 0.6 is 0 Å². The third-order valence-electron chi connectivity index (χ3n) is 4.28. The highest BCUT2D eigenvalue weighted by molar-refractivity contribution is 7.89. The van der Waals surface area contributed by atoms with Gasteiger partial charge in [-0.3, -0.25) is 0 Å². The van der Waals surface area contributed by atoms with Gasteiger partial charge in [0, 0.05) is 12.1 Å². The third kappa shape index (κ3) is 5.09. The average molecular weight is 310 g/mol. The molecule has 1 aliphatic carbocycles. The second-order valence-corrected chi connectivity index (χ2v) is 7.61. The topological polar surface area (TPSA) is 72.2 Å². The molecule has 1 atom stereocenters. The van der Waals surface area contributed by atoms with Gasteiger partial charge >= 0.3 is 0 Å². The molecule has 0 spiro atoms. The van der Waals surface area contributed by atoms with Crippen molar-refractivity contribution < 1.29 is 8.42 Å². The van der Waals surface area contributed by atoms with Gasteiger partial charge in [0.05, 0.1) is 4.90 Å². The van der Waals surface area contributed by atoms with Gasteiger partial charge in [-0.05, 0) is 37.5 Å². The van der Waals surface area contributed by atoms with Gasteiger partial charge in [0.15, 0.2) is 0 Å². The second-order valence-electron chi connectivity index (χ2n) is 6.05. The van der Waals surface area contributed by atoms with E-state index in [1.807, 2.05) is 6.07 Å². The first-order valence-electron chi connectivity index (χ1n) is 7.85. The first kappa shape index (κ1) is 16.5. The van der Waals surface area contributed by atoms with Crippen molar-refractivity contribution in [2.75, 3.05) is 0 Å². The Hall–Kier alpha value is -0.910. The quantitative estimate of drug-likeness (QED) is 0.897. The number of nitrogens with two attached hydrogens (primary N) is 1. The maximum absolute atomic E-state index is 11.4. The molecule has 21 heavy (non-hydrogen) atoms. The van der Waals surface area contributed by atoms with Crippen molar-refractivity contribution in [1.29, 1.82) is 0 Å². The number of benzene rings is 1. The molecule has 3 N–H and O–H groups in total. The normalized spacial score (nSPS) is 19.7. The van der Waals surface area contributed by atoms with E-state index >= 15 is 0 Å². The van der Waals surface area contributed by atoms with Crippen molar-refractivity contribution in [3.05, 3.63) is 29.8 Å². The number of hydrogen-bond acceptors (Lipinski definition) is 3. The summed E-state index contributed by atoms with van der Waals surface area (Å²) in [5.41, 5.74) is 0.976. The van der Waals surface area contributed by atoms with Crippen molar-refractivity contribution in [3.8, 4) is 0 Å². The van der Waals surface area contributed by atoms with Gasteiger partial charge in [-0.2, -0.15) is 0 Å². The second kappa shape index (κ2) is 7.38. The van der Waals surface area contributed by atoms with E-state index in [0.717, 1.165) is 5.56 Å². The Morgan fingerprint density at radius 2 is 1.76 bits per heavy atom. The summed E-state index contributed by atoms with van der Waals surface area (Å²) in [5.74, 6) is 0. The Balaban J connectivity index is 2.03. The van der Waals surface area contributed by atoms with E-state index < -0.39 is 10.0 Å². The van der Waals surface area contributed by atoms with E-state index in [9.17, 15) is 8.42 Å². The van der Waals surface area contributed by atoms with E-state index in [-0.39, 0.29) is 10.9 Å². The lowest BCUT2D eigenvalue weighted by Crippen LogP contribution is -2.32. The molecule has 1 unspecified atom stereocenters. The Bertz CT molecular complexity index is 549. The fourth-order valence-corrected chi connectivity index (χ4v) is 3.60. The van der Waals surface area contributed by atoms with Crippen LogP contribution in [0.5, 0.6) is 0 Å². The molecule has 0 radical (unpaired) electrons. The van der Waals surface area contributed by atoms with E-state index in [0.29, 0.717) is 6.04 Å². The van der Waals surface area contributed by atoms with Crippen LogP contribution in [0.4, 0.5) is 0 Å². The zero-order valence-electron chi connectivity index (χ0n) is 12.7. The largest absolute Gasteiger partial charge is 0.307 e. The Morgan fingerprint density at radius 1 is 1.14 bits per heavy atom. The fourth-order valence-electron chi connectivity index (χ4n) is 3.03. The molecule has 118 valence electrons. The summed E-state index contributed by atoms with van der Waals surface area (Å²) in [6, 6.07) is 7.59. The van der Waals surface area contributed by atoms with Crippen LogP contribution in [-0.4, -0.2) is 14.5 Å². The minimum Gasteiger partial charge on any atom is -0.307 e. The van der Waals surface area contributed by atoms with Gasteiger partial charge in [0.2, 0.25) is 10.0 Å². The molecule has 0 aromatic heterocycles. The molecule has 0 aliphatic heterocycles. The number of sulfonamides is 1. The monoisotopic (exact) mass is 310 g/mol. The van der Waals surface area contributed by atoms with Crippen LogP contribution < -0.4 is 10.5 Å². The van der Waals surface area contributed by atoms with Crippen LogP contribution in [0.15, 0.2) is 29.2 Å². The molecule has 1 fully saturated rings. The summed E-state index contributed by atoms with van der Waals surface area (Å²) in [7, 11) is -3.63. The smallest absolute Gasteiger partial charge is 0.238 e. The number of hydrogen-bond donors (Lipinski definition) is 2. The van der Waals surface area contributed by atoms with Gasteiger partial charge in [-0.25, -0.2) is 13.6 Å². The van der Waals surface area contributed by atoms with Crippen molar-refractivity contribution >= 4 is 10.0 Å². The average Bonchev–Trinajstić information content (AvgIpc) is 2.41. The highest BCUT2D eigenvalue weighted by Crippen LogP contribution is 2.22. The molecule has 2 rings (SSSR count). The Morgan fingerprint density at radius 3 is 2.38 bits per heavy atom. The maximum atomic E-state index is 11.4. The minimum atomic E-state index is -3.63. The van der Waals surface area contributed by atoms with Gasteiger partial charge < -0.3 is 5.32 Å². The predicted octanol–water partition coefficient (Wildman–Crippen LogP) is 3.10. The lowest BCUT2D eigenvalue weighted by atomic mass is 9.95. The standard InChI is InChI=1S/C16H26N2O2S/c1-13(18-15-9-5-3-2-4-6-10-15)14-8-7-11-16(12-14)21(17,19)20/h7-8,11-13,15,18H,2-6,9-10H2,1H3,(H2,17,19,20). The minimum absolute atomic E-state index is 0.135. The summed E-state index contributed by atoms with van der Waals surface area (Å²) >= 11 is 0. The number of nitrogens with one attached hydrogen (secondary N) is 1. The lowest BCUT2D eigenvalue weighted by molar-refractivity contribution is 0.362. The molecule has 0 bridgehead atoms. The molecule has 0 saturated heterocycles. The maximum Gasteiger partial charge on any atom is 0.238 e. The lowest BCUT2D eigenvalue weighted by Gasteiger charge is -2.25. The zero-order valence-corrected chi connectivity index (χ0v) is 13.5. The van der Waals surface area contributed by atoms with Crippen LogP contribution in [0.3, 0.4) is 0 Å². The van der Waals surface area contributed by atoms with E-state index in [2.05, 4.69) is 12.2 Å². The van der Waals surface area contributed by atoms with Crippen LogP contribution in [0.25, 0.3) is 0 Å². The molecule has 1 aliphatic rings. The summed E-state index contributed by atoms with van der Waals surface area (Å²) in [6.45, 7) is 2.08. The van der Waals surface area contributed by atoms with Crippen LogP contribution in [0.1, 0.15) is 63.5 Å². The molecule has 0 amide bonds. The van der Waals surface area contributed by atoms with E-state index in [1.54, 1.807) is 18.2 Å². The molecule has 5 heteroatoms. The summed E-state index contributed by atoms with van der Waals surface area (Å²) < 4.78 is 22.9. The number of rotatable bonds is 4. The van der Waals surface area contributed by atoms with Crippen LogP contribution in [0.2, 0.25) is 0 Å². The van der Waals surface area contributed by atoms with Crippen molar-refractivity contribution in [3.63, 3.8) is 0 Å². The molecule has 1 aromatic carbocycles. The van der Waals surface area contributed by atoms with Gasteiger partial charge in [0.1, 0.15) is 0 Å². The fraction of sp³-hybridized carbons (Fsp3) is 0.625. The van der Waals surface area contributed by atoms with Gasteiger partial charge in [-0.15, -0.1) is 0 Å². The SMILES string of the molecule is CC(NC1CCCCCCC1)c1cccc(S(N)(=O)=O)c1. The summed E-state index contributed by atoms with van der Waals surface area (Å²) in [5, 5.41) is 8.85. The molecule has 1 aromatic rings. The molecular formula is C16H26N2O2S. The predicted molar refractivity (Wildman–Crippen MR) is 85.5 cm³/mol. The van der Waals surface area contributed by atoms with Gasteiger partial charge in [0.25, 0.3) is 0 Å². The highest BCUT2D eigenvalue weighted by Gasteiger charge is 2.16. The van der Waals surface area contributed by atoms with Crippen molar-refractivity contribution in [1.82, 2.24) is 5.32 Å². The first-order valence-corrected chi connectivity index (χ1v) is 9.40. The highest BCUT2D eigenvalue weighted by atomic mass is 32.2. The van der Waals surface area contributed by atoms with Crippen LogP contribution in [-0.2, 0) is 10.0 Å².